The maximum atomic E-state index is 13.2. The predicted molar refractivity (Wildman–Crippen MR) is 112 cm³/mol. The Balaban J connectivity index is 1.94. The molecule has 0 saturated heterocycles. The van der Waals surface area contributed by atoms with E-state index in [1.54, 1.807) is 49.4 Å². The van der Waals surface area contributed by atoms with E-state index in [1.165, 1.54) is 18.2 Å². The van der Waals surface area contributed by atoms with Crippen molar-refractivity contribution in [1.82, 2.24) is 0 Å². The number of carbonyl (C=O) groups is 2. The topological polar surface area (TPSA) is 67.4 Å². The molecule has 0 fully saturated rings. The minimum absolute atomic E-state index is 0.0279. The van der Waals surface area contributed by atoms with E-state index in [9.17, 15) is 22.8 Å². The van der Waals surface area contributed by atoms with Gasteiger partial charge in [0.15, 0.2) is 0 Å². The third kappa shape index (κ3) is 5.63. The molecule has 3 aromatic rings. The van der Waals surface area contributed by atoms with Crippen molar-refractivity contribution in [1.29, 1.82) is 0 Å². The molecule has 0 unspecified atom stereocenters. The Morgan fingerprint density at radius 3 is 2.26 bits per heavy atom. The summed E-state index contributed by atoms with van der Waals surface area (Å²) >= 11 is 0. The van der Waals surface area contributed by atoms with Crippen molar-refractivity contribution in [2.45, 2.75) is 13.1 Å². The molecule has 31 heavy (non-hydrogen) atoms. The standard InChI is InChI=1S/C23H19F3N2O3/c1-2-31-22(30)16-9-6-10-18(13-16)27-20-14-17(23(24,25)26)11-12-19(20)28-21(29)15-7-4-3-5-8-15/h3-14,27H,2H2,1H3,(H,28,29). The normalized spacial score (nSPS) is 11.0. The average molecular weight is 428 g/mol. The van der Waals surface area contributed by atoms with Gasteiger partial charge in [-0.25, -0.2) is 4.79 Å². The summed E-state index contributed by atoms with van der Waals surface area (Å²) in [6, 6.07) is 17.4. The molecule has 0 aliphatic rings. The monoisotopic (exact) mass is 428 g/mol. The van der Waals surface area contributed by atoms with Gasteiger partial charge in [0.1, 0.15) is 0 Å². The molecular weight excluding hydrogens is 409 g/mol. The highest BCUT2D eigenvalue weighted by Gasteiger charge is 2.31. The Hall–Kier alpha value is -3.81. The molecule has 0 spiro atoms. The van der Waals surface area contributed by atoms with Crippen LogP contribution in [0.1, 0.15) is 33.2 Å². The van der Waals surface area contributed by atoms with Gasteiger partial charge < -0.3 is 15.4 Å². The summed E-state index contributed by atoms with van der Waals surface area (Å²) in [4.78, 5) is 24.4. The van der Waals surface area contributed by atoms with Gasteiger partial charge in [0.2, 0.25) is 0 Å². The molecule has 8 heteroatoms. The zero-order chi connectivity index (χ0) is 22.4. The number of carbonyl (C=O) groups excluding carboxylic acids is 2. The van der Waals surface area contributed by atoms with Gasteiger partial charge in [0.25, 0.3) is 5.91 Å². The van der Waals surface area contributed by atoms with Gasteiger partial charge in [0, 0.05) is 11.3 Å². The zero-order valence-electron chi connectivity index (χ0n) is 16.5. The molecule has 5 nitrogen and oxygen atoms in total. The van der Waals surface area contributed by atoms with E-state index >= 15 is 0 Å². The summed E-state index contributed by atoms with van der Waals surface area (Å²) in [5.41, 5.74) is 0.268. The van der Waals surface area contributed by atoms with Crippen LogP contribution in [0, 0.1) is 0 Å². The number of hydrogen-bond donors (Lipinski definition) is 2. The molecule has 0 atom stereocenters. The second-order valence-corrected chi connectivity index (χ2v) is 6.50. The molecule has 0 saturated carbocycles. The van der Waals surface area contributed by atoms with E-state index in [0.29, 0.717) is 11.3 Å². The summed E-state index contributed by atoms with van der Waals surface area (Å²) in [5, 5.41) is 5.48. The maximum Gasteiger partial charge on any atom is 0.416 e. The molecule has 0 radical (unpaired) electrons. The molecule has 0 aliphatic carbocycles. The number of esters is 1. The number of ether oxygens (including phenoxy) is 1. The molecule has 3 aromatic carbocycles. The van der Waals surface area contributed by atoms with E-state index in [-0.39, 0.29) is 23.5 Å². The van der Waals surface area contributed by atoms with Crippen molar-refractivity contribution in [3.05, 3.63) is 89.5 Å². The molecule has 160 valence electrons. The summed E-state index contributed by atoms with van der Waals surface area (Å²) in [6.07, 6.45) is -4.56. The van der Waals surface area contributed by atoms with Crippen molar-refractivity contribution >= 4 is 28.9 Å². The SMILES string of the molecule is CCOC(=O)c1cccc(Nc2cc(C(F)(F)F)ccc2NC(=O)c2ccccc2)c1. The molecule has 2 N–H and O–H groups in total. The highest BCUT2D eigenvalue weighted by atomic mass is 19.4. The first-order valence-electron chi connectivity index (χ1n) is 9.40. The number of hydrogen-bond acceptors (Lipinski definition) is 4. The smallest absolute Gasteiger partial charge is 0.416 e. The molecular formula is C23H19F3N2O3. The molecule has 0 bridgehead atoms. The molecule has 1 amide bonds. The van der Waals surface area contributed by atoms with E-state index < -0.39 is 23.6 Å². The molecule has 0 aliphatic heterocycles. The van der Waals surface area contributed by atoms with Crippen LogP contribution in [0.4, 0.5) is 30.2 Å². The van der Waals surface area contributed by atoms with Crippen LogP contribution < -0.4 is 10.6 Å². The van der Waals surface area contributed by atoms with E-state index in [0.717, 1.165) is 12.1 Å². The van der Waals surface area contributed by atoms with E-state index in [2.05, 4.69) is 10.6 Å². The Bertz CT molecular complexity index is 1080. The van der Waals surface area contributed by atoms with Gasteiger partial charge in [0.05, 0.1) is 29.1 Å². The Labute approximate surface area is 176 Å². The lowest BCUT2D eigenvalue weighted by Gasteiger charge is -2.16. The van der Waals surface area contributed by atoms with Crippen LogP contribution in [-0.2, 0) is 10.9 Å². The third-order valence-corrected chi connectivity index (χ3v) is 4.28. The number of rotatable bonds is 6. The van der Waals surface area contributed by atoms with Crippen LogP contribution in [0.15, 0.2) is 72.8 Å². The van der Waals surface area contributed by atoms with Crippen molar-refractivity contribution in [2.75, 3.05) is 17.2 Å². The fourth-order valence-electron chi connectivity index (χ4n) is 2.81. The number of halogens is 3. The van der Waals surface area contributed by atoms with Crippen molar-refractivity contribution < 1.29 is 27.5 Å². The first kappa shape index (κ1) is 21.9. The van der Waals surface area contributed by atoms with Crippen LogP contribution in [0.2, 0.25) is 0 Å². The van der Waals surface area contributed by atoms with Crippen molar-refractivity contribution in [3.63, 3.8) is 0 Å². The number of anilines is 3. The van der Waals surface area contributed by atoms with E-state index in [1.807, 2.05) is 0 Å². The number of nitrogens with one attached hydrogen (secondary N) is 2. The summed E-state index contributed by atoms with van der Waals surface area (Å²) in [6.45, 7) is 1.87. The van der Waals surface area contributed by atoms with Crippen LogP contribution in [0.3, 0.4) is 0 Å². The predicted octanol–water partition coefficient (Wildman–Crippen LogP) is 5.88. The largest absolute Gasteiger partial charge is 0.462 e. The van der Waals surface area contributed by atoms with Gasteiger partial charge in [-0.2, -0.15) is 13.2 Å². The van der Waals surface area contributed by atoms with Gasteiger partial charge in [-0.05, 0) is 55.5 Å². The maximum absolute atomic E-state index is 13.2. The van der Waals surface area contributed by atoms with Gasteiger partial charge in [-0.3, -0.25) is 4.79 Å². The summed E-state index contributed by atoms with van der Waals surface area (Å²) in [7, 11) is 0. The number of amides is 1. The Morgan fingerprint density at radius 2 is 1.58 bits per heavy atom. The first-order valence-corrected chi connectivity index (χ1v) is 9.40. The lowest BCUT2D eigenvalue weighted by molar-refractivity contribution is -0.137. The van der Waals surface area contributed by atoms with Crippen molar-refractivity contribution in [2.24, 2.45) is 0 Å². The molecule has 0 aromatic heterocycles. The van der Waals surface area contributed by atoms with Gasteiger partial charge >= 0.3 is 12.1 Å². The number of benzene rings is 3. The zero-order valence-corrected chi connectivity index (χ0v) is 16.5. The summed E-state index contributed by atoms with van der Waals surface area (Å²) < 4.78 is 44.7. The molecule has 3 rings (SSSR count). The van der Waals surface area contributed by atoms with Crippen LogP contribution in [0.5, 0.6) is 0 Å². The minimum Gasteiger partial charge on any atom is -0.462 e. The Kier molecular flexibility index (Phi) is 6.59. The first-order chi connectivity index (χ1) is 14.8. The highest BCUT2D eigenvalue weighted by molar-refractivity contribution is 6.06. The fourth-order valence-corrected chi connectivity index (χ4v) is 2.81. The van der Waals surface area contributed by atoms with Gasteiger partial charge in [-0.15, -0.1) is 0 Å². The van der Waals surface area contributed by atoms with Crippen LogP contribution >= 0.6 is 0 Å². The fraction of sp³-hybridized carbons (Fsp3) is 0.130. The molecule has 0 heterocycles. The van der Waals surface area contributed by atoms with Crippen LogP contribution in [0.25, 0.3) is 0 Å². The van der Waals surface area contributed by atoms with Crippen LogP contribution in [-0.4, -0.2) is 18.5 Å². The third-order valence-electron chi connectivity index (χ3n) is 4.28. The lowest BCUT2D eigenvalue weighted by atomic mass is 10.1. The summed E-state index contributed by atoms with van der Waals surface area (Å²) in [5.74, 6) is -1.02. The van der Waals surface area contributed by atoms with Crippen molar-refractivity contribution in [3.8, 4) is 0 Å². The minimum atomic E-state index is -4.56. The lowest BCUT2D eigenvalue weighted by Crippen LogP contribution is -2.14. The highest BCUT2D eigenvalue weighted by Crippen LogP contribution is 2.35. The second kappa shape index (κ2) is 9.34. The Morgan fingerprint density at radius 1 is 0.871 bits per heavy atom. The quantitative estimate of drug-likeness (QED) is 0.482. The van der Waals surface area contributed by atoms with Gasteiger partial charge in [-0.1, -0.05) is 24.3 Å². The second-order valence-electron chi connectivity index (χ2n) is 6.50. The van der Waals surface area contributed by atoms with E-state index in [4.69, 9.17) is 4.74 Å². The number of alkyl halides is 3. The average Bonchev–Trinajstić information content (AvgIpc) is 2.75.